The molecule has 2 heterocycles. The Labute approximate surface area is 100 Å². The molecule has 0 saturated carbocycles. The molecule has 0 bridgehead atoms. The Bertz CT molecular complexity index is 354. The second kappa shape index (κ2) is 3.94. The smallest absolute Gasteiger partial charge is 0.245 e. The number of rotatable bonds is 2. The van der Waals surface area contributed by atoms with Crippen LogP contribution in [0.4, 0.5) is 0 Å². The van der Waals surface area contributed by atoms with E-state index in [2.05, 4.69) is 6.07 Å². The van der Waals surface area contributed by atoms with E-state index in [0.29, 0.717) is 6.42 Å². The highest BCUT2D eigenvalue weighted by molar-refractivity contribution is 8.00. The van der Waals surface area contributed by atoms with E-state index in [-0.39, 0.29) is 23.2 Å². The Morgan fingerprint density at radius 2 is 2.50 bits per heavy atom. The normalized spacial score (nSPS) is 39.6. The average Bonchev–Trinajstić information content (AvgIpc) is 2.78. The molecule has 4 nitrogen and oxygen atoms in total. The van der Waals surface area contributed by atoms with Gasteiger partial charge in [-0.05, 0) is 5.92 Å². The van der Waals surface area contributed by atoms with Crippen LogP contribution in [0.15, 0.2) is 0 Å². The summed E-state index contributed by atoms with van der Waals surface area (Å²) in [5.41, 5.74) is 5.50. The van der Waals surface area contributed by atoms with Gasteiger partial charge in [0.1, 0.15) is 11.6 Å². The topological polar surface area (TPSA) is 70.1 Å². The number of carbonyl (C=O) groups excluding carboxylic acids is 1. The molecule has 4 atom stereocenters. The Kier molecular flexibility index (Phi) is 2.89. The van der Waals surface area contributed by atoms with E-state index in [9.17, 15) is 4.79 Å². The van der Waals surface area contributed by atoms with Crippen molar-refractivity contribution >= 4 is 17.7 Å². The molecule has 0 aromatic carbocycles. The standard InChI is InChI=1S/C11H17N3OS/c1-3-7(2)11(13)4-9-14(10(11)15)8(5-12)6-16-9/h7-9H,3-4,6,13H2,1-2H3/t7-,8+,9-,11-/m0/s1. The van der Waals surface area contributed by atoms with Crippen LogP contribution >= 0.6 is 11.8 Å². The van der Waals surface area contributed by atoms with E-state index in [0.717, 1.165) is 12.2 Å². The fourth-order valence-electron chi connectivity index (χ4n) is 2.49. The molecule has 2 aliphatic rings. The van der Waals surface area contributed by atoms with Crippen molar-refractivity contribution in [2.24, 2.45) is 11.7 Å². The predicted octanol–water partition coefficient (Wildman–Crippen LogP) is 0.927. The van der Waals surface area contributed by atoms with Crippen LogP contribution in [0, 0.1) is 17.2 Å². The van der Waals surface area contributed by atoms with Gasteiger partial charge in [0.25, 0.3) is 0 Å². The van der Waals surface area contributed by atoms with Crippen molar-refractivity contribution in [3.05, 3.63) is 0 Å². The largest absolute Gasteiger partial charge is 0.317 e. The molecule has 1 amide bonds. The quantitative estimate of drug-likeness (QED) is 0.778. The SMILES string of the molecule is CC[C@H](C)[C@@]1(N)C[C@@H]2SC[C@@H](C#N)N2C1=O. The lowest BCUT2D eigenvalue weighted by Crippen LogP contribution is -2.54. The van der Waals surface area contributed by atoms with Crippen molar-refractivity contribution in [2.45, 2.75) is 43.6 Å². The summed E-state index contributed by atoms with van der Waals surface area (Å²) in [7, 11) is 0. The number of hydrogen-bond donors (Lipinski definition) is 1. The molecule has 0 unspecified atom stereocenters. The Morgan fingerprint density at radius 3 is 3.06 bits per heavy atom. The lowest BCUT2D eigenvalue weighted by Gasteiger charge is -2.29. The minimum absolute atomic E-state index is 0.0246. The summed E-state index contributed by atoms with van der Waals surface area (Å²) in [6.45, 7) is 4.07. The number of thioether (sulfide) groups is 1. The molecule has 5 heteroatoms. The molecule has 0 spiro atoms. The van der Waals surface area contributed by atoms with Gasteiger partial charge in [-0.3, -0.25) is 4.79 Å². The lowest BCUT2D eigenvalue weighted by atomic mass is 9.83. The number of fused-ring (bicyclic) bond motifs is 1. The maximum atomic E-state index is 12.3. The van der Waals surface area contributed by atoms with Crippen LogP contribution in [0.1, 0.15) is 26.7 Å². The summed E-state index contributed by atoms with van der Waals surface area (Å²) >= 11 is 1.68. The predicted molar refractivity (Wildman–Crippen MR) is 63.5 cm³/mol. The molecular weight excluding hydrogens is 222 g/mol. The Balaban J connectivity index is 2.26. The van der Waals surface area contributed by atoms with Crippen LogP contribution in [0.2, 0.25) is 0 Å². The zero-order valence-electron chi connectivity index (χ0n) is 9.64. The van der Waals surface area contributed by atoms with Crippen LogP contribution in [-0.4, -0.2) is 33.5 Å². The van der Waals surface area contributed by atoms with Crippen molar-refractivity contribution < 1.29 is 4.79 Å². The first kappa shape index (κ1) is 11.7. The van der Waals surface area contributed by atoms with Gasteiger partial charge in [0.2, 0.25) is 5.91 Å². The third-order valence-electron chi connectivity index (χ3n) is 3.88. The summed E-state index contributed by atoms with van der Waals surface area (Å²) in [6, 6.07) is 1.91. The highest BCUT2D eigenvalue weighted by Gasteiger charge is 2.56. The molecule has 0 aromatic heterocycles. The Hall–Kier alpha value is -0.730. The van der Waals surface area contributed by atoms with E-state index in [1.54, 1.807) is 16.7 Å². The fraction of sp³-hybridized carbons (Fsp3) is 0.818. The van der Waals surface area contributed by atoms with Crippen molar-refractivity contribution in [1.82, 2.24) is 4.90 Å². The summed E-state index contributed by atoms with van der Waals surface area (Å²) < 4.78 is 0. The molecule has 2 N–H and O–H groups in total. The second-order valence-corrected chi connectivity index (χ2v) is 5.91. The van der Waals surface area contributed by atoms with Crippen LogP contribution < -0.4 is 5.73 Å². The first-order chi connectivity index (χ1) is 7.54. The lowest BCUT2D eigenvalue weighted by molar-refractivity contribution is -0.134. The van der Waals surface area contributed by atoms with Gasteiger partial charge in [-0.15, -0.1) is 11.8 Å². The van der Waals surface area contributed by atoms with Crippen molar-refractivity contribution in [3.8, 4) is 6.07 Å². The van der Waals surface area contributed by atoms with Crippen LogP contribution in [0.25, 0.3) is 0 Å². The Morgan fingerprint density at radius 1 is 1.81 bits per heavy atom. The number of nitrogens with two attached hydrogens (primary N) is 1. The molecule has 2 aliphatic heterocycles. The highest BCUT2D eigenvalue weighted by Crippen LogP contribution is 2.44. The van der Waals surface area contributed by atoms with Gasteiger partial charge in [0, 0.05) is 12.2 Å². The van der Waals surface area contributed by atoms with Crippen LogP contribution in [0.3, 0.4) is 0 Å². The summed E-state index contributed by atoms with van der Waals surface area (Å²) in [6.07, 6.45) is 1.58. The zero-order chi connectivity index (χ0) is 11.9. The first-order valence-corrected chi connectivity index (χ1v) is 6.72. The summed E-state index contributed by atoms with van der Waals surface area (Å²) in [5.74, 6) is 0.873. The van der Waals surface area contributed by atoms with E-state index in [1.807, 2.05) is 13.8 Å². The van der Waals surface area contributed by atoms with Crippen LogP contribution in [0.5, 0.6) is 0 Å². The van der Waals surface area contributed by atoms with Gasteiger partial charge in [-0.2, -0.15) is 5.26 Å². The maximum Gasteiger partial charge on any atom is 0.245 e. The maximum absolute atomic E-state index is 12.3. The molecule has 2 rings (SSSR count). The van der Waals surface area contributed by atoms with Crippen molar-refractivity contribution in [3.63, 3.8) is 0 Å². The third kappa shape index (κ3) is 1.44. The number of hydrogen-bond acceptors (Lipinski definition) is 4. The molecule has 2 saturated heterocycles. The van der Waals surface area contributed by atoms with Gasteiger partial charge in [0.05, 0.1) is 11.4 Å². The summed E-state index contributed by atoms with van der Waals surface area (Å²) in [5, 5.41) is 9.12. The van der Waals surface area contributed by atoms with E-state index in [4.69, 9.17) is 11.0 Å². The molecule has 88 valence electrons. The molecule has 16 heavy (non-hydrogen) atoms. The molecular formula is C11H17N3OS. The van der Waals surface area contributed by atoms with Gasteiger partial charge in [0.15, 0.2) is 0 Å². The zero-order valence-corrected chi connectivity index (χ0v) is 10.5. The second-order valence-electron chi connectivity index (χ2n) is 4.70. The van der Waals surface area contributed by atoms with E-state index >= 15 is 0 Å². The number of carbonyl (C=O) groups is 1. The highest BCUT2D eigenvalue weighted by atomic mass is 32.2. The van der Waals surface area contributed by atoms with E-state index in [1.165, 1.54) is 0 Å². The third-order valence-corrected chi connectivity index (χ3v) is 5.17. The van der Waals surface area contributed by atoms with Crippen LogP contribution in [-0.2, 0) is 4.79 Å². The average molecular weight is 239 g/mol. The number of amides is 1. The molecule has 0 radical (unpaired) electrons. The van der Waals surface area contributed by atoms with Gasteiger partial charge in [-0.25, -0.2) is 0 Å². The van der Waals surface area contributed by atoms with Crippen molar-refractivity contribution in [2.75, 3.05) is 5.75 Å². The summed E-state index contributed by atoms with van der Waals surface area (Å²) in [4.78, 5) is 14.0. The molecule has 0 aromatic rings. The van der Waals surface area contributed by atoms with E-state index < -0.39 is 5.54 Å². The van der Waals surface area contributed by atoms with Gasteiger partial charge < -0.3 is 10.6 Å². The monoisotopic (exact) mass is 239 g/mol. The fourth-order valence-corrected chi connectivity index (χ4v) is 3.92. The molecule has 2 fully saturated rings. The van der Waals surface area contributed by atoms with Gasteiger partial charge in [-0.1, -0.05) is 20.3 Å². The minimum atomic E-state index is -0.748. The number of nitrogens with zero attached hydrogens (tertiary/aromatic N) is 2. The minimum Gasteiger partial charge on any atom is -0.317 e. The van der Waals surface area contributed by atoms with Crippen molar-refractivity contribution in [1.29, 1.82) is 5.26 Å². The first-order valence-electron chi connectivity index (χ1n) is 5.67. The van der Waals surface area contributed by atoms with Gasteiger partial charge >= 0.3 is 0 Å². The number of nitriles is 1. The molecule has 0 aliphatic carbocycles.